The predicted molar refractivity (Wildman–Crippen MR) is 310 cm³/mol. The van der Waals surface area contributed by atoms with Crippen molar-refractivity contribution in [2.45, 2.75) is 366 Å². The van der Waals surface area contributed by atoms with Crippen LogP contribution in [-0.4, -0.2) is 47.4 Å². The largest absolute Gasteiger partial charge is 0.466 e. The van der Waals surface area contributed by atoms with Crippen LogP contribution in [0.3, 0.4) is 0 Å². The first kappa shape index (κ1) is 69.3. The predicted octanol–water partition coefficient (Wildman–Crippen LogP) is 20.2. The van der Waals surface area contributed by atoms with Gasteiger partial charge in [0.15, 0.2) is 0 Å². The van der Waals surface area contributed by atoms with Gasteiger partial charge in [-0.05, 0) is 77.0 Å². The highest BCUT2D eigenvalue weighted by Gasteiger charge is 2.20. The quantitative estimate of drug-likeness (QED) is 0.0320. The number of ether oxygens (including phenoxy) is 1. The molecule has 0 radical (unpaired) electrons. The van der Waals surface area contributed by atoms with E-state index in [9.17, 15) is 19.8 Å². The Bertz CT molecular complexity index is 1110. The number of amides is 1. The van der Waals surface area contributed by atoms with E-state index in [4.69, 9.17) is 4.74 Å². The molecule has 420 valence electrons. The Morgan fingerprint density at radius 2 is 0.662 bits per heavy atom. The maximum atomic E-state index is 12.4. The highest BCUT2D eigenvalue weighted by molar-refractivity contribution is 5.76. The van der Waals surface area contributed by atoms with Gasteiger partial charge in [0, 0.05) is 12.8 Å². The molecule has 3 N–H and O–H groups in total. The van der Waals surface area contributed by atoms with Crippen LogP contribution in [0.5, 0.6) is 0 Å². The summed E-state index contributed by atoms with van der Waals surface area (Å²) in [6.45, 7) is 4.95. The fourth-order valence-corrected chi connectivity index (χ4v) is 10.0. The van der Waals surface area contributed by atoms with E-state index in [2.05, 4.69) is 43.5 Å². The van der Waals surface area contributed by atoms with Crippen molar-refractivity contribution in [1.29, 1.82) is 0 Å². The maximum Gasteiger partial charge on any atom is 0.305 e. The summed E-state index contributed by atoms with van der Waals surface area (Å²) in [5.74, 6) is -0.0247. The minimum absolute atomic E-state index is 0.0125. The van der Waals surface area contributed by atoms with Crippen LogP contribution in [0.1, 0.15) is 354 Å². The molecular formula is C65H125NO5. The van der Waals surface area contributed by atoms with Gasteiger partial charge in [-0.1, -0.05) is 289 Å². The van der Waals surface area contributed by atoms with Crippen molar-refractivity contribution < 1.29 is 24.5 Å². The van der Waals surface area contributed by atoms with Gasteiger partial charge in [0.25, 0.3) is 0 Å². The lowest BCUT2D eigenvalue weighted by atomic mass is 10.0. The Morgan fingerprint density at radius 3 is 1.00 bits per heavy atom. The summed E-state index contributed by atoms with van der Waals surface area (Å²) in [7, 11) is 0. The summed E-state index contributed by atoms with van der Waals surface area (Å²) in [4.78, 5) is 24.5. The van der Waals surface area contributed by atoms with Crippen molar-refractivity contribution >= 4 is 11.9 Å². The van der Waals surface area contributed by atoms with Crippen LogP contribution >= 0.6 is 0 Å². The first-order valence-corrected chi connectivity index (χ1v) is 32.1. The number of hydrogen-bond donors (Lipinski definition) is 3. The molecule has 0 aromatic rings. The third kappa shape index (κ3) is 57.5. The molecule has 6 nitrogen and oxygen atoms in total. The second-order valence-corrected chi connectivity index (χ2v) is 22.1. The van der Waals surface area contributed by atoms with Crippen molar-refractivity contribution in [3.05, 3.63) is 24.3 Å². The first-order chi connectivity index (χ1) is 35.0. The number of rotatable bonds is 60. The molecule has 2 unspecified atom stereocenters. The highest BCUT2D eigenvalue weighted by Crippen LogP contribution is 2.17. The second kappa shape index (κ2) is 60.9. The van der Waals surface area contributed by atoms with Gasteiger partial charge in [-0.3, -0.25) is 9.59 Å². The SMILES string of the molecule is CCCCCCCCC/C=C\CCCCCCCCCC(=O)OCCCCCCCCCCCCCC/C=C\CCCCCCCCCCCCCC(=O)NC(CO)C(O)CCCCCCCCCCC. The van der Waals surface area contributed by atoms with Crippen LogP contribution in [0.15, 0.2) is 24.3 Å². The van der Waals surface area contributed by atoms with Gasteiger partial charge in [0.05, 0.1) is 25.4 Å². The summed E-state index contributed by atoms with van der Waals surface area (Å²) >= 11 is 0. The number of hydrogen-bond acceptors (Lipinski definition) is 5. The number of carbonyl (C=O) groups excluding carboxylic acids is 2. The monoisotopic (exact) mass is 1000 g/mol. The molecule has 0 fully saturated rings. The van der Waals surface area contributed by atoms with E-state index in [1.807, 2.05) is 0 Å². The molecule has 2 atom stereocenters. The van der Waals surface area contributed by atoms with Gasteiger partial charge < -0.3 is 20.3 Å². The summed E-state index contributed by atoms with van der Waals surface area (Å²) in [6, 6.07) is -0.539. The number of aliphatic hydroxyl groups excluding tert-OH is 2. The first-order valence-electron chi connectivity index (χ1n) is 32.1. The van der Waals surface area contributed by atoms with Crippen LogP contribution in [-0.2, 0) is 14.3 Å². The fraction of sp³-hybridized carbons (Fsp3) is 0.908. The van der Waals surface area contributed by atoms with Crippen molar-refractivity contribution in [1.82, 2.24) is 5.32 Å². The van der Waals surface area contributed by atoms with Crippen LogP contribution in [0.2, 0.25) is 0 Å². The van der Waals surface area contributed by atoms with E-state index >= 15 is 0 Å². The van der Waals surface area contributed by atoms with Gasteiger partial charge >= 0.3 is 5.97 Å². The summed E-state index contributed by atoms with van der Waals surface area (Å²) in [5, 5.41) is 23.1. The average molecular weight is 1000 g/mol. The van der Waals surface area contributed by atoms with Crippen molar-refractivity contribution in [2.75, 3.05) is 13.2 Å². The van der Waals surface area contributed by atoms with E-state index in [-0.39, 0.29) is 18.5 Å². The minimum Gasteiger partial charge on any atom is -0.466 e. The molecule has 0 saturated heterocycles. The molecule has 6 heteroatoms. The Kier molecular flexibility index (Phi) is 59.5. The zero-order valence-electron chi connectivity index (χ0n) is 48.0. The zero-order valence-corrected chi connectivity index (χ0v) is 48.0. The number of aliphatic hydroxyl groups is 2. The molecule has 1 amide bonds. The van der Waals surface area contributed by atoms with Crippen LogP contribution in [0.4, 0.5) is 0 Å². The second-order valence-electron chi connectivity index (χ2n) is 22.1. The number of nitrogens with one attached hydrogen (secondary N) is 1. The Labute approximate surface area is 443 Å². The maximum absolute atomic E-state index is 12.4. The Morgan fingerprint density at radius 1 is 0.380 bits per heavy atom. The Hall–Kier alpha value is -1.66. The minimum atomic E-state index is -0.662. The van der Waals surface area contributed by atoms with Crippen LogP contribution in [0, 0.1) is 0 Å². The zero-order chi connectivity index (χ0) is 51.4. The lowest BCUT2D eigenvalue weighted by Gasteiger charge is -2.22. The van der Waals surface area contributed by atoms with Gasteiger partial charge in [-0.2, -0.15) is 0 Å². The molecule has 71 heavy (non-hydrogen) atoms. The van der Waals surface area contributed by atoms with Gasteiger partial charge in [-0.15, -0.1) is 0 Å². The van der Waals surface area contributed by atoms with E-state index in [0.717, 1.165) is 44.9 Å². The van der Waals surface area contributed by atoms with E-state index < -0.39 is 12.1 Å². The van der Waals surface area contributed by atoms with Crippen molar-refractivity contribution in [2.24, 2.45) is 0 Å². The van der Waals surface area contributed by atoms with E-state index in [1.54, 1.807) is 0 Å². The molecule has 0 rings (SSSR count). The standard InChI is InChI=1S/C65H125NO5/c1-3-5-7-9-11-13-14-15-16-17-30-33-36-39-43-47-51-55-59-65(70)71-60-56-52-48-44-40-37-34-31-28-26-24-22-20-18-19-21-23-25-27-29-32-35-38-42-46-50-54-58-64(69)66-62(61-67)63(68)57-53-49-45-41-12-10-8-6-4-2/h16-19,62-63,67-68H,3-15,20-61H2,1-2H3,(H,66,69)/b17-16-,19-18-. The summed E-state index contributed by atoms with van der Waals surface area (Å²) < 4.78 is 5.50. The number of allylic oxidation sites excluding steroid dienone is 4. The molecule has 0 heterocycles. The number of esters is 1. The Balaban J connectivity index is 3.34. The van der Waals surface area contributed by atoms with Gasteiger partial charge in [-0.25, -0.2) is 0 Å². The molecule has 0 spiro atoms. The normalized spacial score (nSPS) is 12.7. The summed E-state index contributed by atoms with van der Waals surface area (Å²) in [5.41, 5.74) is 0. The smallest absolute Gasteiger partial charge is 0.305 e. The highest BCUT2D eigenvalue weighted by atomic mass is 16.5. The topological polar surface area (TPSA) is 95.9 Å². The lowest BCUT2D eigenvalue weighted by molar-refractivity contribution is -0.143. The molecule has 0 saturated carbocycles. The van der Waals surface area contributed by atoms with Crippen LogP contribution in [0.25, 0.3) is 0 Å². The van der Waals surface area contributed by atoms with E-state index in [1.165, 1.54) is 276 Å². The van der Waals surface area contributed by atoms with Crippen molar-refractivity contribution in [3.8, 4) is 0 Å². The van der Waals surface area contributed by atoms with Gasteiger partial charge in [0.1, 0.15) is 0 Å². The van der Waals surface area contributed by atoms with Gasteiger partial charge in [0.2, 0.25) is 5.91 Å². The fourth-order valence-electron chi connectivity index (χ4n) is 10.0. The third-order valence-corrected chi connectivity index (χ3v) is 15.0. The molecule has 0 bridgehead atoms. The lowest BCUT2D eigenvalue weighted by Crippen LogP contribution is -2.45. The average Bonchev–Trinajstić information content (AvgIpc) is 3.37. The molecule has 0 aliphatic heterocycles. The number of unbranched alkanes of at least 4 members (excludes halogenated alkanes) is 45. The molecule has 0 aliphatic rings. The molecule has 0 aromatic heterocycles. The number of carbonyl (C=O) groups is 2. The molecule has 0 aliphatic carbocycles. The van der Waals surface area contributed by atoms with Crippen molar-refractivity contribution in [3.63, 3.8) is 0 Å². The third-order valence-electron chi connectivity index (χ3n) is 15.0. The molecular weight excluding hydrogens is 875 g/mol. The van der Waals surface area contributed by atoms with Crippen LogP contribution < -0.4 is 5.32 Å². The van der Waals surface area contributed by atoms with E-state index in [0.29, 0.717) is 25.9 Å². The summed E-state index contributed by atoms with van der Waals surface area (Å²) in [6.07, 6.45) is 75.0. The molecule has 0 aromatic carbocycles.